The molecule has 0 bridgehead atoms. The van der Waals surface area contributed by atoms with Gasteiger partial charge in [-0.05, 0) is 26.0 Å². The van der Waals surface area contributed by atoms with E-state index in [4.69, 9.17) is 4.74 Å². The van der Waals surface area contributed by atoms with Crippen LogP contribution in [0.15, 0.2) is 30.3 Å². The second-order valence-electron chi connectivity index (χ2n) is 5.22. The third kappa shape index (κ3) is 4.13. The minimum absolute atomic E-state index is 0.0422. The summed E-state index contributed by atoms with van der Waals surface area (Å²) in [5, 5.41) is 2.77. The zero-order valence-corrected chi connectivity index (χ0v) is 13.1. The Morgan fingerprint density at radius 1 is 1.14 bits per heavy atom. The molecule has 1 aromatic rings. The van der Waals surface area contributed by atoms with Gasteiger partial charge in [-0.25, -0.2) is 4.79 Å². The molecule has 1 aliphatic rings. The largest absolute Gasteiger partial charge is 0.481 e. The van der Waals surface area contributed by atoms with E-state index < -0.39 is 6.10 Å². The Kier molecular flexibility index (Phi) is 5.63. The first-order valence-corrected chi connectivity index (χ1v) is 7.65. The number of ether oxygens (including phenoxy) is 1. The van der Waals surface area contributed by atoms with Crippen molar-refractivity contribution in [2.75, 3.05) is 32.7 Å². The van der Waals surface area contributed by atoms with Gasteiger partial charge in [0.25, 0.3) is 5.91 Å². The summed E-state index contributed by atoms with van der Waals surface area (Å²) in [5.74, 6) is 0.642. The molecule has 0 spiro atoms. The van der Waals surface area contributed by atoms with Crippen LogP contribution in [-0.2, 0) is 4.79 Å². The number of benzene rings is 1. The molecule has 1 unspecified atom stereocenters. The van der Waals surface area contributed by atoms with E-state index in [1.807, 2.05) is 37.3 Å². The summed E-state index contributed by atoms with van der Waals surface area (Å²) in [7, 11) is 0. The van der Waals surface area contributed by atoms with Gasteiger partial charge in [-0.15, -0.1) is 0 Å². The van der Waals surface area contributed by atoms with Gasteiger partial charge in [0.1, 0.15) is 5.75 Å². The van der Waals surface area contributed by atoms with E-state index in [-0.39, 0.29) is 11.9 Å². The maximum atomic E-state index is 12.4. The Hall–Kier alpha value is -2.24. The smallest absolute Gasteiger partial charge is 0.317 e. The van der Waals surface area contributed by atoms with E-state index in [1.54, 1.807) is 16.7 Å². The van der Waals surface area contributed by atoms with Crippen LogP contribution in [0.3, 0.4) is 0 Å². The number of amides is 3. The standard InChI is InChI=1S/C16H23N3O3/c1-3-17-16(21)19-11-9-18(10-12-19)15(20)13(2)22-14-7-5-4-6-8-14/h4-8,13H,3,9-12H2,1-2H3,(H,17,21). The highest BCUT2D eigenvalue weighted by Crippen LogP contribution is 2.13. The van der Waals surface area contributed by atoms with Crippen molar-refractivity contribution in [1.82, 2.24) is 15.1 Å². The zero-order chi connectivity index (χ0) is 15.9. The summed E-state index contributed by atoms with van der Waals surface area (Å²) < 4.78 is 5.66. The van der Waals surface area contributed by atoms with Gasteiger partial charge >= 0.3 is 6.03 Å². The predicted octanol–water partition coefficient (Wildman–Crippen LogP) is 1.33. The van der Waals surface area contributed by atoms with E-state index in [0.717, 1.165) is 0 Å². The van der Waals surface area contributed by atoms with Crippen LogP contribution in [0.2, 0.25) is 0 Å². The molecule has 0 aliphatic carbocycles. The highest BCUT2D eigenvalue weighted by Gasteiger charge is 2.27. The number of piperazine rings is 1. The summed E-state index contributed by atoms with van der Waals surface area (Å²) in [6, 6.07) is 9.24. The number of rotatable bonds is 4. The molecule has 6 nitrogen and oxygen atoms in total. The Balaban J connectivity index is 1.83. The van der Waals surface area contributed by atoms with Gasteiger partial charge in [0, 0.05) is 32.7 Å². The molecule has 1 heterocycles. The first-order valence-electron chi connectivity index (χ1n) is 7.65. The van der Waals surface area contributed by atoms with Crippen LogP contribution in [0.5, 0.6) is 5.75 Å². The van der Waals surface area contributed by atoms with Crippen LogP contribution in [0, 0.1) is 0 Å². The maximum absolute atomic E-state index is 12.4. The maximum Gasteiger partial charge on any atom is 0.317 e. The highest BCUT2D eigenvalue weighted by atomic mass is 16.5. The number of hydrogen-bond acceptors (Lipinski definition) is 3. The summed E-state index contributed by atoms with van der Waals surface area (Å²) in [6.45, 7) is 6.44. The first-order chi connectivity index (χ1) is 10.6. The molecule has 6 heteroatoms. The Bertz CT molecular complexity index is 499. The Morgan fingerprint density at radius 3 is 2.32 bits per heavy atom. The van der Waals surface area contributed by atoms with Gasteiger partial charge in [-0.3, -0.25) is 4.79 Å². The molecular formula is C16H23N3O3. The van der Waals surface area contributed by atoms with Gasteiger partial charge in [0.15, 0.2) is 6.10 Å². The monoisotopic (exact) mass is 305 g/mol. The fraction of sp³-hybridized carbons (Fsp3) is 0.500. The van der Waals surface area contributed by atoms with Gasteiger partial charge in [-0.2, -0.15) is 0 Å². The van der Waals surface area contributed by atoms with Gasteiger partial charge in [0.2, 0.25) is 0 Å². The number of carbonyl (C=O) groups excluding carboxylic acids is 2. The Labute approximate surface area is 131 Å². The summed E-state index contributed by atoms with van der Waals surface area (Å²) in [5.41, 5.74) is 0. The lowest BCUT2D eigenvalue weighted by Crippen LogP contribution is -2.55. The predicted molar refractivity (Wildman–Crippen MR) is 83.8 cm³/mol. The lowest BCUT2D eigenvalue weighted by molar-refractivity contribution is -0.139. The number of nitrogens with zero attached hydrogens (tertiary/aromatic N) is 2. The van der Waals surface area contributed by atoms with E-state index in [2.05, 4.69) is 5.32 Å². The second kappa shape index (κ2) is 7.68. The van der Waals surface area contributed by atoms with E-state index in [9.17, 15) is 9.59 Å². The molecule has 0 aromatic heterocycles. The third-order valence-corrected chi connectivity index (χ3v) is 3.61. The molecule has 1 saturated heterocycles. The quantitative estimate of drug-likeness (QED) is 0.913. The summed E-state index contributed by atoms with van der Waals surface area (Å²) >= 11 is 0. The van der Waals surface area contributed by atoms with E-state index >= 15 is 0 Å². The fourth-order valence-electron chi connectivity index (χ4n) is 2.40. The number of carbonyl (C=O) groups is 2. The average molecular weight is 305 g/mol. The van der Waals surface area contributed by atoms with Crippen LogP contribution < -0.4 is 10.1 Å². The van der Waals surface area contributed by atoms with Crippen LogP contribution in [0.1, 0.15) is 13.8 Å². The second-order valence-corrected chi connectivity index (χ2v) is 5.22. The summed E-state index contributed by atoms with van der Waals surface area (Å²) in [6.07, 6.45) is -0.529. The van der Waals surface area contributed by atoms with Crippen molar-refractivity contribution in [3.8, 4) is 5.75 Å². The third-order valence-electron chi connectivity index (χ3n) is 3.61. The van der Waals surface area contributed by atoms with E-state index in [0.29, 0.717) is 38.5 Å². The van der Waals surface area contributed by atoms with Gasteiger partial charge < -0.3 is 19.9 Å². The van der Waals surface area contributed by atoms with Crippen molar-refractivity contribution < 1.29 is 14.3 Å². The molecule has 1 fully saturated rings. The number of hydrogen-bond donors (Lipinski definition) is 1. The van der Waals surface area contributed by atoms with Crippen molar-refractivity contribution in [2.24, 2.45) is 0 Å². The molecule has 0 saturated carbocycles. The van der Waals surface area contributed by atoms with E-state index in [1.165, 1.54) is 0 Å². The van der Waals surface area contributed by atoms with Crippen LogP contribution in [0.4, 0.5) is 4.79 Å². The molecule has 120 valence electrons. The normalized spacial score (nSPS) is 16.1. The molecule has 1 aromatic carbocycles. The number of para-hydroxylation sites is 1. The van der Waals surface area contributed by atoms with Crippen LogP contribution in [0.25, 0.3) is 0 Å². The van der Waals surface area contributed by atoms with Gasteiger partial charge in [0.05, 0.1) is 0 Å². The summed E-state index contributed by atoms with van der Waals surface area (Å²) in [4.78, 5) is 27.6. The number of nitrogens with one attached hydrogen (secondary N) is 1. The molecule has 1 aliphatic heterocycles. The molecule has 1 N–H and O–H groups in total. The average Bonchev–Trinajstić information content (AvgIpc) is 2.55. The van der Waals surface area contributed by atoms with Crippen molar-refractivity contribution >= 4 is 11.9 Å². The minimum Gasteiger partial charge on any atom is -0.481 e. The van der Waals surface area contributed by atoms with Crippen molar-refractivity contribution in [3.05, 3.63) is 30.3 Å². The molecular weight excluding hydrogens is 282 g/mol. The van der Waals surface area contributed by atoms with Crippen LogP contribution >= 0.6 is 0 Å². The first kappa shape index (κ1) is 16.1. The SMILES string of the molecule is CCNC(=O)N1CCN(C(=O)C(C)Oc2ccccc2)CC1. The highest BCUT2D eigenvalue weighted by molar-refractivity contribution is 5.81. The topological polar surface area (TPSA) is 61.9 Å². The van der Waals surface area contributed by atoms with Crippen molar-refractivity contribution in [3.63, 3.8) is 0 Å². The number of urea groups is 1. The zero-order valence-electron chi connectivity index (χ0n) is 13.1. The van der Waals surface area contributed by atoms with Crippen molar-refractivity contribution in [2.45, 2.75) is 20.0 Å². The molecule has 1 atom stereocenters. The minimum atomic E-state index is -0.529. The fourth-order valence-corrected chi connectivity index (χ4v) is 2.40. The molecule has 22 heavy (non-hydrogen) atoms. The van der Waals surface area contributed by atoms with Crippen LogP contribution in [-0.4, -0.2) is 60.6 Å². The lowest BCUT2D eigenvalue weighted by Gasteiger charge is -2.35. The van der Waals surface area contributed by atoms with Crippen molar-refractivity contribution in [1.29, 1.82) is 0 Å². The molecule has 3 amide bonds. The van der Waals surface area contributed by atoms with Gasteiger partial charge in [-0.1, -0.05) is 18.2 Å². The Morgan fingerprint density at radius 2 is 1.73 bits per heavy atom. The molecule has 2 rings (SSSR count). The lowest BCUT2D eigenvalue weighted by atomic mass is 10.2. The molecule has 0 radical (unpaired) electrons.